The van der Waals surface area contributed by atoms with E-state index >= 15 is 0 Å². The zero-order chi connectivity index (χ0) is 24.4. The van der Waals surface area contributed by atoms with Crippen LogP contribution < -0.4 is 5.32 Å². The number of nitrogens with one attached hydrogen (secondary N) is 1. The second-order valence-corrected chi connectivity index (χ2v) is 9.53. The molecule has 1 fully saturated rings. The molecule has 0 aromatic heterocycles. The number of hydrogen-bond acceptors (Lipinski definition) is 5. The van der Waals surface area contributed by atoms with Crippen LogP contribution in [0.3, 0.4) is 0 Å². The monoisotopic (exact) mass is 490 g/mol. The highest BCUT2D eigenvalue weighted by atomic mass is 32.2. The zero-order valence-corrected chi connectivity index (χ0v) is 19.1. The van der Waals surface area contributed by atoms with Crippen LogP contribution >= 0.6 is 11.8 Å². The van der Waals surface area contributed by atoms with E-state index in [2.05, 4.69) is 5.32 Å². The molecule has 3 atom stereocenters. The number of carboxylic acids is 1. The van der Waals surface area contributed by atoms with Crippen molar-refractivity contribution in [3.63, 3.8) is 0 Å². The Morgan fingerprint density at radius 1 is 1.12 bits per heavy atom. The summed E-state index contributed by atoms with van der Waals surface area (Å²) in [6.07, 6.45) is -4.83. The number of hydrogen-bond donors (Lipinski definition) is 2. The van der Waals surface area contributed by atoms with E-state index in [0.29, 0.717) is 0 Å². The SMILES string of the molecule is CC1SCC(C(=O)O)N1C(=O)C(CC(F)F)NC(=O)OCC1c2ccccc2-c2ccccc21. The molecular weight excluding hydrogens is 466 g/mol. The highest BCUT2D eigenvalue weighted by molar-refractivity contribution is 8.00. The van der Waals surface area contributed by atoms with Gasteiger partial charge in [-0.1, -0.05) is 48.5 Å². The molecule has 1 saturated heterocycles. The summed E-state index contributed by atoms with van der Waals surface area (Å²) in [6, 6.07) is 12.8. The van der Waals surface area contributed by atoms with Gasteiger partial charge in [0.25, 0.3) is 0 Å². The summed E-state index contributed by atoms with van der Waals surface area (Å²) in [4.78, 5) is 38.1. The van der Waals surface area contributed by atoms with Gasteiger partial charge in [0, 0.05) is 18.1 Å². The molecule has 0 radical (unpaired) electrons. The summed E-state index contributed by atoms with van der Waals surface area (Å²) in [5, 5.41) is 11.1. The minimum Gasteiger partial charge on any atom is -0.480 e. The number of rotatable bonds is 7. The lowest BCUT2D eigenvalue weighted by molar-refractivity contribution is -0.150. The van der Waals surface area contributed by atoms with Gasteiger partial charge in [0.2, 0.25) is 12.3 Å². The van der Waals surface area contributed by atoms with Crippen LogP contribution in [0.5, 0.6) is 0 Å². The minimum absolute atomic E-state index is 0.0385. The smallest absolute Gasteiger partial charge is 0.407 e. The van der Waals surface area contributed by atoms with Gasteiger partial charge in [-0.15, -0.1) is 11.8 Å². The topological polar surface area (TPSA) is 95.9 Å². The Hall–Kier alpha value is -3.14. The molecule has 2 aromatic rings. The third-order valence-corrected chi connectivity index (χ3v) is 7.33. The Morgan fingerprint density at radius 3 is 2.26 bits per heavy atom. The van der Waals surface area contributed by atoms with Gasteiger partial charge in [-0.05, 0) is 29.2 Å². The van der Waals surface area contributed by atoms with E-state index in [-0.39, 0.29) is 18.3 Å². The first-order chi connectivity index (χ1) is 16.3. The molecule has 0 bridgehead atoms. The van der Waals surface area contributed by atoms with Crippen molar-refractivity contribution in [3.8, 4) is 11.1 Å². The van der Waals surface area contributed by atoms with Crippen LogP contribution in [0.1, 0.15) is 30.4 Å². The van der Waals surface area contributed by atoms with Gasteiger partial charge >= 0.3 is 12.1 Å². The number of aliphatic carboxylic acids is 1. The fourth-order valence-corrected chi connectivity index (χ4v) is 5.70. The summed E-state index contributed by atoms with van der Waals surface area (Å²) >= 11 is 1.23. The van der Waals surface area contributed by atoms with E-state index in [1.54, 1.807) is 6.92 Å². The van der Waals surface area contributed by atoms with Crippen LogP contribution in [0.25, 0.3) is 11.1 Å². The van der Waals surface area contributed by atoms with E-state index in [1.807, 2.05) is 48.5 Å². The molecule has 0 spiro atoms. The van der Waals surface area contributed by atoms with Gasteiger partial charge in [0.1, 0.15) is 18.7 Å². The Bertz CT molecular complexity index is 1050. The van der Waals surface area contributed by atoms with Crippen molar-refractivity contribution < 1.29 is 33.0 Å². The number of carbonyl (C=O) groups is 3. The van der Waals surface area contributed by atoms with Gasteiger partial charge in [-0.25, -0.2) is 18.4 Å². The standard InChI is InChI=1S/C24H24F2N2O5S/c1-13-28(20(12-34-13)23(30)31)22(29)19(10-21(25)26)27-24(32)33-11-18-16-8-4-2-6-14(16)15-7-3-5-9-17(15)18/h2-9,13,18-21H,10-12H2,1H3,(H,27,32)(H,30,31). The van der Waals surface area contributed by atoms with E-state index in [4.69, 9.17) is 4.74 Å². The molecule has 180 valence electrons. The summed E-state index contributed by atoms with van der Waals surface area (Å²) in [6.45, 7) is 1.58. The van der Waals surface area contributed by atoms with Crippen molar-refractivity contribution in [1.82, 2.24) is 10.2 Å². The molecule has 2 N–H and O–H groups in total. The van der Waals surface area contributed by atoms with E-state index in [1.165, 1.54) is 11.8 Å². The Balaban J connectivity index is 1.46. The number of fused-ring (bicyclic) bond motifs is 3. The van der Waals surface area contributed by atoms with Crippen LogP contribution in [0.2, 0.25) is 0 Å². The Labute approximate surface area is 199 Å². The number of amides is 2. The average molecular weight is 491 g/mol. The molecule has 2 aromatic carbocycles. The molecule has 1 aliphatic heterocycles. The average Bonchev–Trinajstić information content (AvgIpc) is 3.34. The molecule has 3 unspecified atom stereocenters. The maximum atomic E-state index is 13.2. The van der Waals surface area contributed by atoms with Crippen molar-refractivity contribution in [2.24, 2.45) is 0 Å². The van der Waals surface area contributed by atoms with Gasteiger partial charge < -0.3 is 20.1 Å². The molecule has 34 heavy (non-hydrogen) atoms. The zero-order valence-electron chi connectivity index (χ0n) is 18.3. The quantitative estimate of drug-likeness (QED) is 0.611. The lowest BCUT2D eigenvalue weighted by Crippen LogP contribution is -2.54. The number of benzene rings is 2. The molecule has 7 nitrogen and oxygen atoms in total. The van der Waals surface area contributed by atoms with Crippen LogP contribution in [0.15, 0.2) is 48.5 Å². The van der Waals surface area contributed by atoms with Crippen molar-refractivity contribution in [3.05, 3.63) is 59.7 Å². The first-order valence-corrected chi connectivity index (χ1v) is 11.9. The summed E-state index contributed by atoms with van der Waals surface area (Å²) in [7, 11) is 0. The molecule has 1 aliphatic carbocycles. The Kier molecular flexibility index (Phi) is 7.06. The van der Waals surface area contributed by atoms with Crippen molar-refractivity contribution in [1.29, 1.82) is 0 Å². The number of nitrogens with zero attached hydrogens (tertiary/aromatic N) is 1. The van der Waals surface area contributed by atoms with Gasteiger partial charge in [-0.3, -0.25) is 4.79 Å². The fourth-order valence-electron chi connectivity index (χ4n) is 4.53. The third-order valence-electron chi connectivity index (χ3n) is 6.11. The van der Waals surface area contributed by atoms with Crippen molar-refractivity contribution >= 4 is 29.7 Å². The van der Waals surface area contributed by atoms with E-state index in [0.717, 1.165) is 27.2 Å². The molecular formula is C24H24F2N2O5S. The largest absolute Gasteiger partial charge is 0.480 e. The number of halogens is 2. The molecule has 2 amide bonds. The number of ether oxygens (including phenoxy) is 1. The molecule has 10 heteroatoms. The summed E-state index contributed by atoms with van der Waals surface area (Å²) in [5.74, 6) is -2.16. The summed E-state index contributed by atoms with van der Waals surface area (Å²) in [5.41, 5.74) is 4.06. The molecule has 2 aliphatic rings. The third kappa shape index (κ3) is 4.72. The van der Waals surface area contributed by atoms with Crippen molar-refractivity contribution in [2.45, 2.75) is 43.1 Å². The predicted molar refractivity (Wildman–Crippen MR) is 123 cm³/mol. The van der Waals surface area contributed by atoms with Crippen LogP contribution in [0, 0.1) is 0 Å². The van der Waals surface area contributed by atoms with E-state index in [9.17, 15) is 28.3 Å². The number of carboxylic acid groups (broad SMARTS) is 1. The van der Waals surface area contributed by atoms with Gasteiger partial charge in [-0.2, -0.15) is 0 Å². The minimum atomic E-state index is -2.88. The van der Waals surface area contributed by atoms with Gasteiger partial charge in [0.15, 0.2) is 0 Å². The normalized spacial score (nSPS) is 20.1. The molecule has 0 saturated carbocycles. The Morgan fingerprint density at radius 2 is 1.71 bits per heavy atom. The molecule has 4 rings (SSSR count). The number of carbonyl (C=O) groups excluding carboxylic acids is 2. The van der Waals surface area contributed by atoms with Crippen LogP contribution in [-0.4, -0.2) is 64.2 Å². The predicted octanol–water partition coefficient (Wildman–Crippen LogP) is 3.92. The first kappa shape index (κ1) is 24.0. The van der Waals surface area contributed by atoms with Crippen LogP contribution in [-0.2, 0) is 14.3 Å². The number of alkyl halides is 2. The first-order valence-electron chi connectivity index (χ1n) is 10.8. The molecule has 1 heterocycles. The maximum absolute atomic E-state index is 13.2. The highest BCUT2D eigenvalue weighted by Crippen LogP contribution is 2.44. The van der Waals surface area contributed by atoms with Crippen LogP contribution in [0.4, 0.5) is 13.6 Å². The van der Waals surface area contributed by atoms with Crippen molar-refractivity contribution in [2.75, 3.05) is 12.4 Å². The summed E-state index contributed by atoms with van der Waals surface area (Å²) < 4.78 is 31.8. The number of thioether (sulfide) groups is 1. The second kappa shape index (κ2) is 10.0. The lowest BCUT2D eigenvalue weighted by atomic mass is 9.98. The fraction of sp³-hybridized carbons (Fsp3) is 0.375. The highest BCUT2D eigenvalue weighted by Gasteiger charge is 2.43. The second-order valence-electron chi connectivity index (χ2n) is 8.18. The van der Waals surface area contributed by atoms with Gasteiger partial charge in [0.05, 0.1) is 5.37 Å². The number of alkyl carbamates (subject to hydrolysis) is 1. The van der Waals surface area contributed by atoms with E-state index < -0.39 is 48.3 Å². The lowest BCUT2D eigenvalue weighted by Gasteiger charge is -2.29. The maximum Gasteiger partial charge on any atom is 0.407 e.